The Hall–Kier alpha value is -2.66. The van der Waals surface area contributed by atoms with Crippen molar-refractivity contribution in [3.8, 4) is 0 Å². The van der Waals surface area contributed by atoms with Crippen LogP contribution < -0.4 is 16.0 Å². The molecule has 5 heteroatoms. The lowest BCUT2D eigenvalue weighted by atomic mass is 10.0. The van der Waals surface area contributed by atoms with Crippen molar-refractivity contribution in [3.63, 3.8) is 0 Å². The largest absolute Gasteiger partial charge is 0.338 e. The van der Waals surface area contributed by atoms with E-state index in [2.05, 4.69) is 29.7 Å². The van der Waals surface area contributed by atoms with Gasteiger partial charge in [0, 0.05) is 18.5 Å². The van der Waals surface area contributed by atoms with Crippen LogP contribution >= 0.6 is 0 Å². The first-order chi connectivity index (χ1) is 12.1. The summed E-state index contributed by atoms with van der Waals surface area (Å²) in [7, 11) is 0. The molecule has 0 saturated carbocycles. The van der Waals surface area contributed by atoms with Crippen LogP contribution in [0.3, 0.4) is 0 Å². The molecule has 0 saturated heterocycles. The first kappa shape index (κ1) is 18.7. The molecule has 0 fully saturated rings. The van der Waals surface area contributed by atoms with E-state index in [1.165, 1.54) is 11.1 Å². The van der Waals surface area contributed by atoms with Gasteiger partial charge in [0.25, 0.3) is 5.91 Å². The zero-order valence-electron chi connectivity index (χ0n) is 14.8. The number of aryl methyl sites for hydroxylation is 1. The van der Waals surface area contributed by atoms with Gasteiger partial charge in [0.15, 0.2) is 6.04 Å². The summed E-state index contributed by atoms with van der Waals surface area (Å²) in [6, 6.07) is 16.9. The number of quaternary nitrogens is 1. The van der Waals surface area contributed by atoms with E-state index in [1.54, 1.807) is 0 Å². The number of urea groups is 1. The number of benzene rings is 2. The molecule has 0 spiro atoms. The van der Waals surface area contributed by atoms with Crippen molar-refractivity contribution in [2.24, 2.45) is 0 Å². The number of nitrogens with one attached hydrogen (secondary N) is 2. The van der Waals surface area contributed by atoms with Gasteiger partial charge in [0.2, 0.25) is 0 Å². The highest BCUT2D eigenvalue weighted by molar-refractivity contribution is 5.96. The van der Waals surface area contributed by atoms with Crippen LogP contribution in [0.25, 0.3) is 0 Å². The Kier molecular flexibility index (Phi) is 7.16. The number of carbonyl (C=O) groups is 2. The predicted molar refractivity (Wildman–Crippen MR) is 98.1 cm³/mol. The normalized spacial score (nSPS) is 11.6. The van der Waals surface area contributed by atoms with Crippen LogP contribution in [0.5, 0.6) is 0 Å². The van der Waals surface area contributed by atoms with Crippen molar-refractivity contribution in [1.82, 2.24) is 10.6 Å². The summed E-state index contributed by atoms with van der Waals surface area (Å²) >= 11 is 0. The van der Waals surface area contributed by atoms with Gasteiger partial charge in [0.1, 0.15) is 0 Å². The van der Waals surface area contributed by atoms with Crippen LogP contribution in [0.1, 0.15) is 29.7 Å². The van der Waals surface area contributed by atoms with E-state index in [9.17, 15) is 9.59 Å². The Labute approximate surface area is 148 Å². The maximum atomic E-state index is 12.5. The van der Waals surface area contributed by atoms with Crippen LogP contribution in [-0.4, -0.2) is 25.0 Å². The molecule has 0 unspecified atom stereocenters. The summed E-state index contributed by atoms with van der Waals surface area (Å²) in [6.45, 7) is 5.14. The smallest absolute Gasteiger partial charge is 0.321 e. The number of carbonyl (C=O) groups excluding carboxylic acids is 2. The standard InChI is InChI=1S/C20H25N3O2/c1-3-21-20(25)23-19(24)18(17-11-5-4-6-12-17)22-14-13-16-10-8-7-9-15(16)2/h4-12,18,22H,3,13-14H2,1-2H3,(H2,21,23,24,25)/p+1/t18-/m1/s1. The van der Waals surface area contributed by atoms with E-state index >= 15 is 0 Å². The third kappa shape index (κ3) is 5.72. The first-order valence-corrected chi connectivity index (χ1v) is 8.63. The van der Waals surface area contributed by atoms with Gasteiger partial charge in [-0.3, -0.25) is 10.1 Å². The summed E-state index contributed by atoms with van der Waals surface area (Å²) in [5.41, 5.74) is 3.41. The molecule has 5 nitrogen and oxygen atoms in total. The minimum absolute atomic E-state index is 0.304. The van der Waals surface area contributed by atoms with Gasteiger partial charge in [-0.05, 0) is 25.0 Å². The Morgan fingerprint density at radius 1 is 1.04 bits per heavy atom. The van der Waals surface area contributed by atoms with Gasteiger partial charge in [-0.15, -0.1) is 0 Å². The van der Waals surface area contributed by atoms with Crippen LogP contribution in [0.15, 0.2) is 54.6 Å². The van der Waals surface area contributed by atoms with Gasteiger partial charge in [0.05, 0.1) is 6.54 Å². The number of hydrogen-bond donors (Lipinski definition) is 3. The zero-order valence-corrected chi connectivity index (χ0v) is 14.8. The molecule has 2 aromatic rings. The van der Waals surface area contributed by atoms with Crippen molar-refractivity contribution in [2.75, 3.05) is 13.1 Å². The van der Waals surface area contributed by atoms with Crippen LogP contribution in [0.2, 0.25) is 0 Å². The van der Waals surface area contributed by atoms with E-state index in [-0.39, 0.29) is 5.91 Å². The minimum atomic E-state index is -0.458. The Bertz CT molecular complexity index is 701. The number of amides is 3. The van der Waals surface area contributed by atoms with Gasteiger partial charge in [-0.2, -0.15) is 0 Å². The number of hydrogen-bond acceptors (Lipinski definition) is 2. The Morgan fingerprint density at radius 2 is 1.72 bits per heavy atom. The fraction of sp³-hybridized carbons (Fsp3) is 0.300. The molecule has 0 heterocycles. The van der Waals surface area contributed by atoms with E-state index in [4.69, 9.17) is 0 Å². The van der Waals surface area contributed by atoms with Gasteiger partial charge in [-0.1, -0.05) is 54.6 Å². The molecule has 2 aromatic carbocycles. The molecule has 0 bridgehead atoms. The maximum Gasteiger partial charge on any atom is 0.321 e. The summed E-state index contributed by atoms with van der Waals surface area (Å²) in [4.78, 5) is 24.2. The molecule has 0 aliphatic rings. The van der Waals surface area contributed by atoms with Gasteiger partial charge < -0.3 is 10.6 Å². The van der Waals surface area contributed by atoms with Crippen molar-refractivity contribution in [1.29, 1.82) is 0 Å². The van der Waals surface area contributed by atoms with E-state index in [1.807, 2.05) is 54.7 Å². The molecule has 4 N–H and O–H groups in total. The Balaban J connectivity index is 2.03. The lowest BCUT2D eigenvalue weighted by Gasteiger charge is -2.16. The van der Waals surface area contributed by atoms with Crippen molar-refractivity contribution >= 4 is 11.9 Å². The Morgan fingerprint density at radius 3 is 2.40 bits per heavy atom. The molecule has 0 aromatic heterocycles. The number of rotatable bonds is 7. The summed E-state index contributed by atoms with van der Waals surface area (Å²) < 4.78 is 0. The second-order valence-electron chi connectivity index (χ2n) is 5.94. The van der Waals surface area contributed by atoms with Crippen LogP contribution in [0.4, 0.5) is 4.79 Å². The molecule has 0 radical (unpaired) electrons. The molecule has 1 atom stereocenters. The SMILES string of the molecule is CCNC(=O)NC(=O)[C@H]([NH2+]CCc1ccccc1C)c1ccccc1. The highest BCUT2D eigenvalue weighted by atomic mass is 16.2. The summed E-state index contributed by atoms with van der Waals surface area (Å²) in [5, 5.41) is 6.99. The third-order valence-corrected chi connectivity index (χ3v) is 4.09. The van der Waals surface area contributed by atoms with Crippen molar-refractivity contribution in [2.45, 2.75) is 26.3 Å². The maximum absolute atomic E-state index is 12.5. The van der Waals surface area contributed by atoms with Gasteiger partial charge in [-0.25, -0.2) is 4.79 Å². The van der Waals surface area contributed by atoms with Gasteiger partial charge >= 0.3 is 6.03 Å². The second kappa shape index (κ2) is 9.59. The predicted octanol–water partition coefficient (Wildman–Crippen LogP) is 1.69. The molecular formula is C20H26N3O2+. The zero-order chi connectivity index (χ0) is 18.1. The topological polar surface area (TPSA) is 74.8 Å². The lowest BCUT2D eigenvalue weighted by molar-refractivity contribution is -0.682. The van der Waals surface area contributed by atoms with E-state index < -0.39 is 12.1 Å². The average molecular weight is 340 g/mol. The fourth-order valence-corrected chi connectivity index (χ4v) is 2.75. The highest BCUT2D eigenvalue weighted by Gasteiger charge is 2.25. The molecule has 0 aliphatic carbocycles. The number of imide groups is 1. The van der Waals surface area contributed by atoms with E-state index in [0.717, 1.165) is 18.5 Å². The molecule has 3 amide bonds. The number of nitrogens with two attached hydrogens (primary N) is 1. The van der Waals surface area contributed by atoms with Crippen LogP contribution in [0, 0.1) is 6.92 Å². The van der Waals surface area contributed by atoms with Crippen molar-refractivity contribution in [3.05, 3.63) is 71.3 Å². The summed E-state index contributed by atoms with van der Waals surface area (Å²) in [6.07, 6.45) is 0.866. The molecule has 2 rings (SSSR count). The molecule has 132 valence electrons. The first-order valence-electron chi connectivity index (χ1n) is 8.63. The third-order valence-electron chi connectivity index (χ3n) is 4.09. The molecular weight excluding hydrogens is 314 g/mol. The lowest BCUT2D eigenvalue weighted by Crippen LogP contribution is -2.88. The van der Waals surface area contributed by atoms with Crippen molar-refractivity contribution < 1.29 is 14.9 Å². The average Bonchev–Trinajstić information content (AvgIpc) is 2.61. The highest BCUT2D eigenvalue weighted by Crippen LogP contribution is 2.09. The molecule has 0 aliphatic heterocycles. The monoisotopic (exact) mass is 340 g/mol. The van der Waals surface area contributed by atoms with Crippen LogP contribution in [-0.2, 0) is 11.2 Å². The van der Waals surface area contributed by atoms with E-state index in [0.29, 0.717) is 6.54 Å². The molecule has 25 heavy (non-hydrogen) atoms. The minimum Gasteiger partial charge on any atom is -0.338 e. The second-order valence-corrected chi connectivity index (χ2v) is 5.94. The fourth-order valence-electron chi connectivity index (χ4n) is 2.75. The quantitative estimate of drug-likeness (QED) is 0.717. The summed E-state index contributed by atoms with van der Waals surface area (Å²) in [5.74, 6) is -0.304.